The van der Waals surface area contributed by atoms with E-state index in [1.54, 1.807) is 12.1 Å². The van der Waals surface area contributed by atoms with E-state index in [1.807, 2.05) is 55.4 Å². The lowest BCUT2D eigenvalue weighted by atomic mass is 10.2. The number of fused-ring (bicyclic) bond motifs is 1. The van der Waals surface area contributed by atoms with Crippen molar-refractivity contribution in [2.45, 2.75) is 0 Å². The van der Waals surface area contributed by atoms with Crippen molar-refractivity contribution in [3.63, 3.8) is 0 Å². The average molecular weight is 380 g/mol. The van der Waals surface area contributed by atoms with Crippen molar-refractivity contribution in [1.29, 1.82) is 0 Å². The summed E-state index contributed by atoms with van der Waals surface area (Å²) in [6.07, 6.45) is 1.83. The van der Waals surface area contributed by atoms with Gasteiger partial charge in [-0.15, -0.1) is 0 Å². The van der Waals surface area contributed by atoms with Crippen LogP contribution in [0.15, 0.2) is 53.5 Å². The number of H-pyrrole nitrogens is 1. The minimum Gasteiger partial charge on any atom is -0.378 e. The smallest absolute Gasteiger partial charge is 0.258 e. The number of hydrogen-bond donors (Lipinski definition) is 2. The van der Waals surface area contributed by atoms with E-state index in [1.165, 1.54) is 0 Å². The lowest BCUT2D eigenvalue weighted by Gasteiger charge is -2.14. The van der Waals surface area contributed by atoms with Gasteiger partial charge in [-0.05, 0) is 36.4 Å². The maximum absolute atomic E-state index is 12.5. The highest BCUT2D eigenvalue weighted by atomic mass is 35.5. The van der Waals surface area contributed by atoms with Crippen LogP contribution in [-0.2, 0) is 0 Å². The fourth-order valence-electron chi connectivity index (χ4n) is 2.90. The van der Waals surface area contributed by atoms with Crippen LogP contribution in [0.3, 0.4) is 0 Å². The van der Waals surface area contributed by atoms with Crippen LogP contribution in [0.4, 0.5) is 5.69 Å². The van der Waals surface area contributed by atoms with Crippen LogP contribution in [0, 0.1) is 0 Å². The third-order valence-corrected chi connectivity index (χ3v) is 4.69. The number of amides is 1. The molecular weight excluding hydrogens is 362 g/mol. The molecule has 0 bridgehead atoms. The third kappa shape index (κ3) is 3.44. The molecule has 27 heavy (non-hydrogen) atoms. The minimum absolute atomic E-state index is 0.286. The summed E-state index contributed by atoms with van der Waals surface area (Å²) < 4.78 is 0. The zero-order valence-electron chi connectivity index (χ0n) is 15.0. The molecule has 0 radical (unpaired) electrons. The number of aliphatic imine (C=N–C) groups is 1. The van der Waals surface area contributed by atoms with Crippen molar-refractivity contribution in [2.75, 3.05) is 25.5 Å². The summed E-state index contributed by atoms with van der Waals surface area (Å²) in [6.45, 7) is 0.461. The van der Waals surface area contributed by atoms with Gasteiger partial charge in [-0.3, -0.25) is 9.79 Å². The normalized spacial score (nSPS) is 13.4. The molecule has 0 fully saturated rings. The molecular formula is C20H18ClN5O. The standard InChI is InChI=1S/C20H18ClN5O/c1-26(2)13-7-8-14(15(21)10-13)20(27)25-18-9-12(11-22-18)19-23-16-5-3-4-6-17(16)24-19/h3-10H,11H2,1-2H3,(H,23,24)(H,22,25,27). The molecule has 1 aromatic heterocycles. The van der Waals surface area contributed by atoms with E-state index in [-0.39, 0.29) is 5.91 Å². The topological polar surface area (TPSA) is 73.4 Å². The number of rotatable bonds is 3. The molecule has 1 amide bonds. The Labute approximate surface area is 161 Å². The van der Waals surface area contributed by atoms with Gasteiger partial charge in [0, 0.05) is 25.4 Å². The van der Waals surface area contributed by atoms with E-state index in [0.717, 1.165) is 28.1 Å². The molecule has 0 aliphatic carbocycles. The van der Waals surface area contributed by atoms with E-state index in [2.05, 4.69) is 20.3 Å². The van der Waals surface area contributed by atoms with Gasteiger partial charge in [0.15, 0.2) is 0 Å². The van der Waals surface area contributed by atoms with Crippen LogP contribution in [0.5, 0.6) is 0 Å². The minimum atomic E-state index is -0.286. The Morgan fingerprint density at radius 1 is 1.22 bits per heavy atom. The summed E-state index contributed by atoms with van der Waals surface area (Å²) in [4.78, 5) is 26.7. The van der Waals surface area contributed by atoms with Crippen LogP contribution in [0.1, 0.15) is 16.2 Å². The van der Waals surface area contributed by atoms with Gasteiger partial charge >= 0.3 is 0 Å². The lowest BCUT2D eigenvalue weighted by molar-refractivity contribution is 0.0977. The SMILES string of the molecule is CN(C)c1ccc(C(=O)NC2=NCC(c3nc4ccccc4[nH]3)=C2)c(Cl)c1. The van der Waals surface area contributed by atoms with Crippen LogP contribution >= 0.6 is 11.6 Å². The molecule has 0 spiro atoms. The molecule has 0 atom stereocenters. The fourth-order valence-corrected chi connectivity index (χ4v) is 3.16. The van der Waals surface area contributed by atoms with E-state index in [9.17, 15) is 4.79 Å². The molecule has 6 nitrogen and oxygen atoms in total. The molecule has 7 heteroatoms. The zero-order chi connectivity index (χ0) is 19.0. The predicted molar refractivity (Wildman–Crippen MR) is 110 cm³/mol. The Morgan fingerprint density at radius 3 is 2.78 bits per heavy atom. The van der Waals surface area contributed by atoms with Crippen LogP contribution in [-0.4, -0.2) is 42.4 Å². The maximum atomic E-state index is 12.5. The van der Waals surface area contributed by atoms with Crippen LogP contribution in [0.25, 0.3) is 16.6 Å². The second-order valence-electron chi connectivity index (χ2n) is 6.49. The number of anilines is 1. The summed E-state index contributed by atoms with van der Waals surface area (Å²) in [7, 11) is 3.84. The van der Waals surface area contributed by atoms with Gasteiger partial charge in [0.2, 0.25) is 0 Å². The first kappa shape index (κ1) is 17.3. The average Bonchev–Trinajstić information content (AvgIpc) is 3.27. The molecule has 1 aliphatic rings. The summed E-state index contributed by atoms with van der Waals surface area (Å²) >= 11 is 6.27. The molecule has 1 aliphatic heterocycles. The number of aromatic nitrogens is 2. The van der Waals surface area contributed by atoms with Crippen molar-refractivity contribution in [3.8, 4) is 0 Å². The molecule has 0 unspecified atom stereocenters. The van der Waals surface area contributed by atoms with Gasteiger partial charge in [-0.25, -0.2) is 4.98 Å². The molecule has 3 aromatic rings. The fraction of sp³-hybridized carbons (Fsp3) is 0.150. The second kappa shape index (κ2) is 6.89. The lowest BCUT2D eigenvalue weighted by Crippen LogP contribution is -2.28. The van der Waals surface area contributed by atoms with Crippen molar-refractivity contribution < 1.29 is 4.79 Å². The highest BCUT2D eigenvalue weighted by molar-refractivity contribution is 6.34. The molecule has 2 N–H and O–H groups in total. The van der Waals surface area contributed by atoms with E-state index in [0.29, 0.717) is 23.0 Å². The predicted octanol–water partition coefficient (Wildman–Crippen LogP) is 3.51. The van der Waals surface area contributed by atoms with E-state index >= 15 is 0 Å². The number of imidazole rings is 1. The highest BCUT2D eigenvalue weighted by Crippen LogP contribution is 2.23. The number of carbonyl (C=O) groups excluding carboxylic acids is 1. The van der Waals surface area contributed by atoms with Crippen molar-refractivity contribution >= 4 is 45.6 Å². The maximum Gasteiger partial charge on any atom is 0.258 e. The molecule has 2 heterocycles. The van der Waals surface area contributed by atoms with Gasteiger partial charge in [-0.1, -0.05) is 23.7 Å². The number of nitrogens with zero attached hydrogens (tertiary/aromatic N) is 3. The second-order valence-corrected chi connectivity index (χ2v) is 6.89. The molecule has 0 saturated carbocycles. The van der Waals surface area contributed by atoms with Crippen molar-refractivity contribution in [1.82, 2.24) is 15.3 Å². The molecule has 0 saturated heterocycles. The number of halogens is 1. The van der Waals surface area contributed by atoms with Gasteiger partial charge in [-0.2, -0.15) is 0 Å². The number of para-hydroxylation sites is 2. The zero-order valence-corrected chi connectivity index (χ0v) is 15.7. The van der Waals surface area contributed by atoms with E-state index < -0.39 is 0 Å². The number of aromatic amines is 1. The number of carbonyl (C=O) groups is 1. The Kier molecular flexibility index (Phi) is 4.41. The third-order valence-electron chi connectivity index (χ3n) is 4.38. The number of nitrogens with one attached hydrogen (secondary N) is 2. The Balaban J connectivity index is 1.51. The number of hydrogen-bond acceptors (Lipinski definition) is 4. The van der Waals surface area contributed by atoms with Crippen molar-refractivity contribution in [3.05, 3.63) is 65.0 Å². The Hall–Kier alpha value is -3.12. The van der Waals surface area contributed by atoms with Gasteiger partial charge in [0.25, 0.3) is 5.91 Å². The molecule has 4 rings (SSSR count). The van der Waals surface area contributed by atoms with Crippen LogP contribution in [0.2, 0.25) is 5.02 Å². The summed E-state index contributed by atoms with van der Waals surface area (Å²) in [6, 6.07) is 13.2. The van der Waals surface area contributed by atoms with Gasteiger partial charge in [0.05, 0.1) is 28.2 Å². The number of benzene rings is 2. The molecule has 136 valence electrons. The summed E-state index contributed by atoms with van der Waals surface area (Å²) in [5.41, 5.74) is 4.14. The highest BCUT2D eigenvalue weighted by Gasteiger charge is 2.18. The summed E-state index contributed by atoms with van der Waals surface area (Å²) in [5, 5.41) is 3.21. The number of amidine groups is 1. The largest absolute Gasteiger partial charge is 0.378 e. The molecule has 2 aromatic carbocycles. The first-order valence-corrected chi connectivity index (χ1v) is 8.87. The van der Waals surface area contributed by atoms with Gasteiger partial charge < -0.3 is 15.2 Å². The Morgan fingerprint density at radius 2 is 2.04 bits per heavy atom. The quantitative estimate of drug-likeness (QED) is 0.731. The van der Waals surface area contributed by atoms with Crippen LogP contribution < -0.4 is 10.2 Å². The first-order valence-electron chi connectivity index (χ1n) is 8.49. The van der Waals surface area contributed by atoms with Gasteiger partial charge in [0.1, 0.15) is 11.7 Å². The monoisotopic (exact) mass is 379 g/mol. The van der Waals surface area contributed by atoms with Crippen molar-refractivity contribution in [2.24, 2.45) is 4.99 Å². The van der Waals surface area contributed by atoms with E-state index in [4.69, 9.17) is 11.6 Å². The summed E-state index contributed by atoms with van der Waals surface area (Å²) in [5.74, 6) is 0.979. The Bertz CT molecular complexity index is 1060. The first-order chi connectivity index (χ1) is 13.0.